The molecule has 0 radical (unpaired) electrons. The number of ether oxygens (including phenoxy) is 1. The van der Waals surface area contributed by atoms with Crippen LogP contribution in [0, 0.1) is 5.41 Å². The van der Waals surface area contributed by atoms with Gasteiger partial charge >= 0.3 is 0 Å². The van der Waals surface area contributed by atoms with Gasteiger partial charge in [0.05, 0.1) is 0 Å². The molecule has 0 aromatic carbocycles. The lowest BCUT2D eigenvalue weighted by Crippen LogP contribution is -2.57. The highest BCUT2D eigenvalue weighted by Crippen LogP contribution is 2.24. The van der Waals surface area contributed by atoms with E-state index in [2.05, 4.69) is 37.9 Å². The number of nitrogens with zero attached hydrogens (tertiary/aromatic N) is 1. The summed E-state index contributed by atoms with van der Waals surface area (Å²) in [6.07, 6.45) is 2.37. The lowest BCUT2D eigenvalue weighted by molar-refractivity contribution is 0.0659. The van der Waals surface area contributed by atoms with Crippen LogP contribution in [0.2, 0.25) is 0 Å². The summed E-state index contributed by atoms with van der Waals surface area (Å²) in [5.41, 5.74) is 0.348. The van der Waals surface area contributed by atoms with Crippen molar-refractivity contribution in [3.63, 3.8) is 0 Å². The number of rotatable bonds is 6. The summed E-state index contributed by atoms with van der Waals surface area (Å²) in [6, 6.07) is 1.32. The summed E-state index contributed by atoms with van der Waals surface area (Å²) in [6.45, 7) is 13.6. The third-order valence-corrected chi connectivity index (χ3v) is 3.81. The Labute approximate surface area is 107 Å². The van der Waals surface area contributed by atoms with Gasteiger partial charge in [0, 0.05) is 45.4 Å². The fraction of sp³-hybridized carbons (Fsp3) is 1.00. The van der Waals surface area contributed by atoms with E-state index >= 15 is 0 Å². The Morgan fingerprint density at radius 2 is 2.12 bits per heavy atom. The number of nitrogens with one attached hydrogen (secondary N) is 1. The molecule has 0 aromatic heterocycles. The second-order valence-electron chi connectivity index (χ2n) is 6.21. The maximum absolute atomic E-state index is 5.21. The number of piperazine rings is 1. The van der Waals surface area contributed by atoms with E-state index in [1.807, 2.05) is 0 Å². The molecule has 17 heavy (non-hydrogen) atoms. The minimum atomic E-state index is 0.348. The van der Waals surface area contributed by atoms with Crippen LogP contribution in [0.5, 0.6) is 0 Å². The molecular formula is C14H30N2O. The molecule has 0 saturated carbocycles. The van der Waals surface area contributed by atoms with Crippen LogP contribution in [0.15, 0.2) is 0 Å². The first-order valence-corrected chi connectivity index (χ1v) is 6.95. The maximum atomic E-state index is 5.21. The largest absolute Gasteiger partial charge is 0.385 e. The molecule has 0 amide bonds. The first-order chi connectivity index (χ1) is 7.98. The van der Waals surface area contributed by atoms with Gasteiger partial charge < -0.3 is 10.1 Å². The standard InChI is InChI=1S/C14H30N2O/c1-6-13-9-15-12(2)10-16(13)11-14(3,4)7-8-17-5/h12-13,15H,6-11H2,1-5H3. The van der Waals surface area contributed by atoms with E-state index < -0.39 is 0 Å². The Bertz CT molecular complexity index is 218. The molecule has 1 aliphatic rings. The molecule has 102 valence electrons. The zero-order chi connectivity index (χ0) is 12.9. The van der Waals surface area contributed by atoms with Gasteiger partial charge in [-0.15, -0.1) is 0 Å². The molecule has 1 aliphatic heterocycles. The van der Waals surface area contributed by atoms with E-state index in [0.29, 0.717) is 17.5 Å². The molecule has 1 heterocycles. The topological polar surface area (TPSA) is 24.5 Å². The minimum absolute atomic E-state index is 0.348. The fourth-order valence-electron chi connectivity index (χ4n) is 2.64. The molecule has 1 fully saturated rings. The van der Waals surface area contributed by atoms with E-state index in [1.54, 1.807) is 7.11 Å². The normalized spacial score (nSPS) is 27.4. The first kappa shape index (κ1) is 14.9. The Kier molecular flexibility index (Phi) is 5.90. The lowest BCUT2D eigenvalue weighted by atomic mass is 9.87. The highest BCUT2D eigenvalue weighted by molar-refractivity contribution is 4.86. The SMILES string of the molecule is CCC1CNC(C)CN1CC(C)(C)CCOC. The molecule has 1 N–H and O–H groups in total. The van der Waals surface area contributed by atoms with Gasteiger partial charge in [0.2, 0.25) is 0 Å². The zero-order valence-corrected chi connectivity index (χ0v) is 12.3. The zero-order valence-electron chi connectivity index (χ0n) is 12.3. The van der Waals surface area contributed by atoms with Gasteiger partial charge in [0.15, 0.2) is 0 Å². The Morgan fingerprint density at radius 3 is 2.71 bits per heavy atom. The fourth-order valence-corrected chi connectivity index (χ4v) is 2.64. The van der Waals surface area contributed by atoms with Crippen LogP contribution in [0.1, 0.15) is 40.5 Å². The van der Waals surface area contributed by atoms with E-state index in [0.717, 1.165) is 19.6 Å². The van der Waals surface area contributed by atoms with Gasteiger partial charge in [-0.3, -0.25) is 4.90 Å². The van der Waals surface area contributed by atoms with Gasteiger partial charge in [-0.2, -0.15) is 0 Å². The van der Waals surface area contributed by atoms with Crippen molar-refractivity contribution in [3.8, 4) is 0 Å². The summed E-state index contributed by atoms with van der Waals surface area (Å²) in [5, 5.41) is 3.58. The van der Waals surface area contributed by atoms with Gasteiger partial charge in [-0.1, -0.05) is 20.8 Å². The Morgan fingerprint density at radius 1 is 1.41 bits per heavy atom. The molecular weight excluding hydrogens is 212 g/mol. The van der Waals surface area contributed by atoms with Gasteiger partial charge in [0.25, 0.3) is 0 Å². The van der Waals surface area contributed by atoms with Crippen LogP contribution in [0.25, 0.3) is 0 Å². The number of hydrogen-bond donors (Lipinski definition) is 1. The Balaban J connectivity index is 2.50. The van der Waals surface area contributed by atoms with Crippen molar-refractivity contribution >= 4 is 0 Å². The van der Waals surface area contributed by atoms with Crippen LogP contribution >= 0.6 is 0 Å². The maximum Gasteiger partial charge on any atom is 0.0467 e. The smallest absolute Gasteiger partial charge is 0.0467 e. The average Bonchev–Trinajstić information content (AvgIpc) is 2.26. The van der Waals surface area contributed by atoms with Crippen LogP contribution < -0.4 is 5.32 Å². The van der Waals surface area contributed by atoms with E-state index in [4.69, 9.17) is 4.74 Å². The van der Waals surface area contributed by atoms with Gasteiger partial charge in [0.1, 0.15) is 0 Å². The van der Waals surface area contributed by atoms with Crippen molar-refractivity contribution in [2.75, 3.05) is 33.4 Å². The minimum Gasteiger partial charge on any atom is -0.385 e. The van der Waals surface area contributed by atoms with Crippen molar-refractivity contribution in [3.05, 3.63) is 0 Å². The molecule has 0 aromatic rings. The monoisotopic (exact) mass is 242 g/mol. The van der Waals surface area contributed by atoms with Crippen LogP contribution in [0.4, 0.5) is 0 Å². The quantitative estimate of drug-likeness (QED) is 0.772. The molecule has 1 rings (SSSR count). The van der Waals surface area contributed by atoms with Crippen molar-refractivity contribution in [1.82, 2.24) is 10.2 Å². The van der Waals surface area contributed by atoms with Crippen LogP contribution in [-0.2, 0) is 4.74 Å². The number of methoxy groups -OCH3 is 1. The van der Waals surface area contributed by atoms with Gasteiger partial charge in [-0.25, -0.2) is 0 Å². The highest BCUT2D eigenvalue weighted by atomic mass is 16.5. The van der Waals surface area contributed by atoms with Crippen molar-refractivity contribution in [2.45, 2.75) is 52.6 Å². The third kappa shape index (κ3) is 4.94. The summed E-state index contributed by atoms with van der Waals surface area (Å²) < 4.78 is 5.21. The number of hydrogen-bond acceptors (Lipinski definition) is 3. The second-order valence-corrected chi connectivity index (χ2v) is 6.21. The van der Waals surface area contributed by atoms with E-state index in [1.165, 1.54) is 19.5 Å². The van der Waals surface area contributed by atoms with Crippen molar-refractivity contribution < 1.29 is 4.74 Å². The van der Waals surface area contributed by atoms with Crippen molar-refractivity contribution in [1.29, 1.82) is 0 Å². The highest BCUT2D eigenvalue weighted by Gasteiger charge is 2.29. The van der Waals surface area contributed by atoms with Crippen LogP contribution in [-0.4, -0.2) is 50.3 Å². The molecule has 2 unspecified atom stereocenters. The van der Waals surface area contributed by atoms with Gasteiger partial charge in [-0.05, 0) is 25.2 Å². The molecule has 2 atom stereocenters. The molecule has 3 heteroatoms. The van der Waals surface area contributed by atoms with E-state index in [9.17, 15) is 0 Å². The predicted octanol–water partition coefficient (Wildman–Crippen LogP) is 2.12. The van der Waals surface area contributed by atoms with E-state index in [-0.39, 0.29) is 0 Å². The summed E-state index contributed by atoms with van der Waals surface area (Å²) in [4.78, 5) is 2.66. The summed E-state index contributed by atoms with van der Waals surface area (Å²) >= 11 is 0. The second kappa shape index (κ2) is 6.72. The lowest BCUT2D eigenvalue weighted by Gasteiger charge is -2.43. The summed E-state index contributed by atoms with van der Waals surface area (Å²) in [5.74, 6) is 0. The molecule has 1 saturated heterocycles. The Hall–Kier alpha value is -0.120. The molecule has 0 spiro atoms. The first-order valence-electron chi connectivity index (χ1n) is 6.95. The molecule has 0 aliphatic carbocycles. The summed E-state index contributed by atoms with van der Waals surface area (Å²) in [7, 11) is 1.79. The van der Waals surface area contributed by atoms with Crippen molar-refractivity contribution in [2.24, 2.45) is 5.41 Å². The third-order valence-electron chi connectivity index (χ3n) is 3.81. The average molecular weight is 242 g/mol. The molecule has 0 bridgehead atoms. The van der Waals surface area contributed by atoms with Crippen LogP contribution in [0.3, 0.4) is 0 Å². The predicted molar refractivity (Wildman–Crippen MR) is 73.4 cm³/mol. The molecule has 3 nitrogen and oxygen atoms in total.